The lowest BCUT2D eigenvalue weighted by Crippen LogP contribution is -2.00. The molecule has 0 aliphatic heterocycles. The van der Waals surface area contributed by atoms with Crippen LogP contribution >= 0.6 is 0 Å². The first-order valence-corrected chi connectivity index (χ1v) is 15.4. The maximum absolute atomic E-state index is 4.97. The Bertz CT molecular complexity index is 2350. The van der Waals surface area contributed by atoms with Crippen molar-refractivity contribution in [3.8, 4) is 78.7 Å². The van der Waals surface area contributed by atoms with Gasteiger partial charge in [-0.25, -0.2) is 15.0 Å². The molecule has 0 spiro atoms. The molecule has 0 fully saturated rings. The zero-order valence-electron chi connectivity index (χ0n) is 24.8. The maximum Gasteiger partial charge on any atom is 0.164 e. The van der Waals surface area contributed by atoms with Crippen molar-refractivity contribution in [1.82, 2.24) is 19.9 Å². The molecule has 1 aliphatic rings. The Kier molecular flexibility index (Phi) is 6.10. The average molecular weight is 587 g/mol. The third kappa shape index (κ3) is 4.39. The Morgan fingerprint density at radius 2 is 0.804 bits per heavy atom. The van der Waals surface area contributed by atoms with E-state index in [4.69, 9.17) is 15.0 Å². The molecule has 0 saturated carbocycles. The van der Waals surface area contributed by atoms with Crippen molar-refractivity contribution in [1.29, 1.82) is 0 Å². The van der Waals surface area contributed by atoms with Gasteiger partial charge in [-0.15, -0.1) is 0 Å². The van der Waals surface area contributed by atoms with Crippen molar-refractivity contribution in [2.24, 2.45) is 0 Å². The second-order valence-electron chi connectivity index (χ2n) is 11.5. The van der Waals surface area contributed by atoms with Gasteiger partial charge in [-0.1, -0.05) is 140 Å². The molecule has 2 aromatic heterocycles. The Balaban J connectivity index is 1.11. The van der Waals surface area contributed by atoms with E-state index in [1.165, 1.54) is 38.6 Å². The van der Waals surface area contributed by atoms with Crippen LogP contribution in [0.15, 0.2) is 158 Å². The van der Waals surface area contributed by atoms with Gasteiger partial charge in [-0.2, -0.15) is 0 Å². The number of hydrogen-bond donors (Lipinski definition) is 0. The molecule has 4 nitrogen and oxygen atoms in total. The minimum atomic E-state index is 0.637. The predicted octanol–water partition coefficient (Wildman–Crippen LogP) is 10.4. The van der Waals surface area contributed by atoms with Crippen LogP contribution in [0.2, 0.25) is 0 Å². The van der Waals surface area contributed by atoms with E-state index >= 15 is 0 Å². The third-order valence-electron chi connectivity index (χ3n) is 8.81. The lowest BCUT2D eigenvalue weighted by molar-refractivity contribution is 1.07. The number of pyridine rings is 1. The van der Waals surface area contributed by atoms with Gasteiger partial charge in [0, 0.05) is 29.1 Å². The van der Waals surface area contributed by atoms with Crippen LogP contribution in [0, 0.1) is 0 Å². The van der Waals surface area contributed by atoms with Crippen LogP contribution < -0.4 is 0 Å². The number of rotatable bonds is 5. The summed E-state index contributed by atoms with van der Waals surface area (Å²) in [5, 5.41) is 2.59. The summed E-state index contributed by atoms with van der Waals surface area (Å²) in [6.45, 7) is 0. The van der Waals surface area contributed by atoms with Gasteiger partial charge in [0.1, 0.15) is 0 Å². The zero-order chi connectivity index (χ0) is 30.5. The average Bonchev–Trinajstić information content (AvgIpc) is 3.47. The first-order valence-electron chi connectivity index (χ1n) is 15.4. The number of aromatic nitrogens is 4. The van der Waals surface area contributed by atoms with Crippen LogP contribution in [0.25, 0.3) is 89.4 Å². The van der Waals surface area contributed by atoms with Crippen LogP contribution in [0.5, 0.6) is 0 Å². The van der Waals surface area contributed by atoms with E-state index in [2.05, 4.69) is 114 Å². The van der Waals surface area contributed by atoms with Crippen molar-refractivity contribution < 1.29 is 0 Å². The highest BCUT2D eigenvalue weighted by molar-refractivity contribution is 6.18. The summed E-state index contributed by atoms with van der Waals surface area (Å²) in [7, 11) is 0. The Morgan fingerprint density at radius 3 is 1.43 bits per heavy atom. The molecule has 46 heavy (non-hydrogen) atoms. The van der Waals surface area contributed by atoms with Gasteiger partial charge in [-0.3, -0.25) is 4.98 Å². The molecule has 8 aromatic rings. The molecular formula is C42H26N4. The lowest BCUT2D eigenvalue weighted by Gasteiger charge is -2.11. The van der Waals surface area contributed by atoms with Gasteiger partial charge in [0.05, 0.1) is 0 Å². The number of hydrogen-bond acceptors (Lipinski definition) is 4. The van der Waals surface area contributed by atoms with Gasteiger partial charge in [0.2, 0.25) is 0 Å². The third-order valence-corrected chi connectivity index (χ3v) is 8.81. The van der Waals surface area contributed by atoms with E-state index in [1.54, 1.807) is 6.20 Å². The standard InChI is InChI=1S/C42H26N4/c1-2-8-29(9-3-1)40-44-41(30-19-15-27(16-20-30)32-10-7-25-43-26-32)46-42(45-40)31-21-17-28(18-22-31)33-23-24-38-35-12-5-4-11-34(35)37-14-6-13-36(33)39(37)38/h1-26H. The van der Waals surface area contributed by atoms with E-state index in [9.17, 15) is 0 Å². The topological polar surface area (TPSA) is 51.6 Å². The highest BCUT2D eigenvalue weighted by Gasteiger charge is 2.22. The molecule has 4 heteroatoms. The van der Waals surface area contributed by atoms with Crippen LogP contribution in [0.3, 0.4) is 0 Å². The molecule has 6 aromatic carbocycles. The minimum Gasteiger partial charge on any atom is -0.264 e. The normalized spacial score (nSPS) is 11.5. The molecule has 0 N–H and O–H groups in total. The summed E-state index contributed by atoms with van der Waals surface area (Å²) in [5.74, 6) is 1.92. The zero-order valence-corrected chi connectivity index (χ0v) is 24.8. The monoisotopic (exact) mass is 586 g/mol. The van der Waals surface area contributed by atoms with Crippen LogP contribution in [0.1, 0.15) is 0 Å². The SMILES string of the molecule is c1ccc(-c2nc(-c3ccc(-c4cccnc4)cc3)nc(-c3ccc(-c4ccc5c6c(cccc46)-c4ccccc4-5)cc3)n2)cc1. The largest absolute Gasteiger partial charge is 0.264 e. The molecule has 0 atom stereocenters. The fraction of sp³-hybridized carbons (Fsp3) is 0. The molecular weight excluding hydrogens is 560 g/mol. The second kappa shape index (κ2) is 10.7. The highest BCUT2D eigenvalue weighted by Crippen LogP contribution is 2.49. The molecule has 0 amide bonds. The maximum atomic E-state index is 4.97. The Hall–Kier alpha value is -6.26. The molecule has 0 saturated heterocycles. The van der Waals surface area contributed by atoms with Gasteiger partial charge >= 0.3 is 0 Å². The highest BCUT2D eigenvalue weighted by atomic mass is 15.0. The van der Waals surface area contributed by atoms with Gasteiger partial charge in [0.15, 0.2) is 17.5 Å². The van der Waals surface area contributed by atoms with Crippen LogP contribution in [-0.4, -0.2) is 19.9 Å². The molecule has 2 heterocycles. The van der Waals surface area contributed by atoms with Gasteiger partial charge in [0.25, 0.3) is 0 Å². The Labute approximate surface area is 266 Å². The fourth-order valence-corrected chi connectivity index (χ4v) is 6.55. The molecule has 9 rings (SSSR count). The minimum absolute atomic E-state index is 0.637. The Morgan fingerprint density at radius 1 is 0.304 bits per heavy atom. The molecule has 1 aliphatic carbocycles. The lowest BCUT2D eigenvalue weighted by atomic mass is 9.94. The van der Waals surface area contributed by atoms with Crippen molar-refractivity contribution in [3.05, 3.63) is 158 Å². The van der Waals surface area contributed by atoms with E-state index < -0.39 is 0 Å². The summed E-state index contributed by atoms with van der Waals surface area (Å²) in [5.41, 5.74) is 12.6. The first kappa shape index (κ1) is 26.2. The second-order valence-corrected chi connectivity index (χ2v) is 11.5. The number of fused-ring (bicyclic) bond motifs is 3. The summed E-state index contributed by atoms with van der Waals surface area (Å²) in [6.07, 6.45) is 3.66. The summed E-state index contributed by atoms with van der Waals surface area (Å²) < 4.78 is 0. The molecule has 0 radical (unpaired) electrons. The van der Waals surface area contributed by atoms with Gasteiger partial charge < -0.3 is 0 Å². The van der Waals surface area contributed by atoms with E-state index in [-0.39, 0.29) is 0 Å². The number of benzene rings is 6. The van der Waals surface area contributed by atoms with Crippen molar-refractivity contribution in [3.63, 3.8) is 0 Å². The molecule has 0 unspecified atom stereocenters. The summed E-state index contributed by atoms with van der Waals surface area (Å²) in [4.78, 5) is 19.1. The first-order chi connectivity index (χ1) is 22.8. The summed E-state index contributed by atoms with van der Waals surface area (Å²) in [6, 6.07) is 50.8. The summed E-state index contributed by atoms with van der Waals surface area (Å²) >= 11 is 0. The smallest absolute Gasteiger partial charge is 0.164 e. The van der Waals surface area contributed by atoms with E-state index in [0.29, 0.717) is 17.5 Å². The molecule has 214 valence electrons. The number of nitrogens with zero attached hydrogens (tertiary/aromatic N) is 4. The quantitative estimate of drug-likeness (QED) is 0.201. The van der Waals surface area contributed by atoms with Crippen LogP contribution in [0.4, 0.5) is 0 Å². The fourth-order valence-electron chi connectivity index (χ4n) is 6.55. The molecule has 0 bridgehead atoms. The van der Waals surface area contributed by atoms with Crippen molar-refractivity contribution in [2.45, 2.75) is 0 Å². The van der Waals surface area contributed by atoms with Crippen molar-refractivity contribution in [2.75, 3.05) is 0 Å². The van der Waals surface area contributed by atoms with Gasteiger partial charge in [-0.05, 0) is 61.3 Å². The van der Waals surface area contributed by atoms with Crippen molar-refractivity contribution >= 4 is 10.8 Å². The van der Waals surface area contributed by atoms with E-state index in [1.807, 2.05) is 42.6 Å². The predicted molar refractivity (Wildman–Crippen MR) is 187 cm³/mol. The van der Waals surface area contributed by atoms with E-state index in [0.717, 1.165) is 33.4 Å². The van der Waals surface area contributed by atoms with Crippen LogP contribution in [-0.2, 0) is 0 Å².